The summed E-state index contributed by atoms with van der Waals surface area (Å²) in [6, 6.07) is 0. The Balaban J connectivity index is 0. The minimum atomic E-state index is 0. The van der Waals surface area contributed by atoms with Gasteiger partial charge in [0.05, 0.1) is 0 Å². The summed E-state index contributed by atoms with van der Waals surface area (Å²) in [5, 5.41) is 0. The summed E-state index contributed by atoms with van der Waals surface area (Å²) in [4.78, 5) is 0. The van der Waals surface area contributed by atoms with E-state index in [1.807, 2.05) is 0 Å². The van der Waals surface area contributed by atoms with E-state index in [0.29, 0.717) is 0 Å². The Bertz CT molecular complexity index is 8.00. The standard InChI is InChI=1S/As.Cu.H2O.W/h;;1H2;. The van der Waals surface area contributed by atoms with Crippen molar-refractivity contribution in [1.82, 2.24) is 0 Å². The SMILES string of the molecule is O.[As].[Cu].[W]. The third-order valence-electron chi connectivity index (χ3n) is 0. The van der Waals surface area contributed by atoms with E-state index in [2.05, 4.69) is 0 Å². The first kappa shape index (κ1) is 42.9. The molecule has 0 rings (SSSR count). The summed E-state index contributed by atoms with van der Waals surface area (Å²) in [5.74, 6) is 0. The van der Waals surface area contributed by atoms with Crippen molar-refractivity contribution in [3.05, 3.63) is 0 Å². The zero-order chi connectivity index (χ0) is 0. The van der Waals surface area contributed by atoms with Crippen molar-refractivity contribution in [3.8, 4) is 0 Å². The van der Waals surface area contributed by atoms with Gasteiger partial charge in [-0.1, -0.05) is 0 Å². The van der Waals surface area contributed by atoms with Gasteiger partial charge in [0, 0.05) is 56.1 Å². The molecule has 0 aromatic carbocycles. The van der Waals surface area contributed by atoms with Gasteiger partial charge < -0.3 is 5.48 Å². The second-order valence-electron chi connectivity index (χ2n) is 0. The van der Waals surface area contributed by atoms with Crippen molar-refractivity contribution in [2.45, 2.75) is 0 Å². The molecule has 0 aromatic rings. The summed E-state index contributed by atoms with van der Waals surface area (Å²) < 4.78 is 0. The quantitative estimate of drug-likeness (QED) is 0.496. The van der Waals surface area contributed by atoms with Crippen molar-refractivity contribution in [2.24, 2.45) is 0 Å². The fourth-order valence-corrected chi connectivity index (χ4v) is 0. The maximum absolute atomic E-state index is 0. The molecule has 0 amide bonds. The summed E-state index contributed by atoms with van der Waals surface area (Å²) in [6.07, 6.45) is 0. The van der Waals surface area contributed by atoms with Crippen molar-refractivity contribution >= 4 is 18.0 Å². The first-order valence-electron chi connectivity index (χ1n) is 0. The molecule has 0 aliphatic rings. The Hall–Kier alpha value is 1.73. The molecule has 0 aliphatic carbocycles. The second kappa shape index (κ2) is 22.0. The zero-order valence-corrected chi connectivity index (χ0v) is 7.41. The average molecular weight is 340 g/mol. The van der Waals surface area contributed by atoms with Crippen molar-refractivity contribution in [1.29, 1.82) is 0 Å². The smallest absolute Gasteiger partial charge is 0 e. The predicted molar refractivity (Wildman–Crippen MR) is 9.37 cm³/mol. The molecule has 0 aliphatic heterocycles. The molecule has 0 saturated carbocycles. The molecule has 0 aromatic heterocycles. The minimum Gasteiger partial charge on any atom is -0.412 e. The fraction of sp³-hybridized carbons (Fsp3) is 0. The second-order valence-corrected chi connectivity index (χ2v) is 0. The van der Waals surface area contributed by atoms with Gasteiger partial charge in [0.15, 0.2) is 0 Å². The van der Waals surface area contributed by atoms with Gasteiger partial charge in [-0.15, -0.1) is 0 Å². The van der Waals surface area contributed by atoms with Gasteiger partial charge >= 0.3 is 0 Å². The van der Waals surface area contributed by atoms with Gasteiger partial charge in [-0.25, -0.2) is 0 Å². The molecular formula is H2AsCuOW. The van der Waals surface area contributed by atoms with Crippen LogP contribution in [-0.4, -0.2) is 23.4 Å². The Morgan fingerprint density at radius 3 is 1.00 bits per heavy atom. The van der Waals surface area contributed by atoms with Crippen LogP contribution in [0.4, 0.5) is 0 Å². The molecule has 0 bridgehead atoms. The van der Waals surface area contributed by atoms with Crippen LogP contribution in [0.15, 0.2) is 0 Å². The van der Waals surface area contributed by atoms with Gasteiger partial charge in [0.2, 0.25) is 0 Å². The fourth-order valence-electron chi connectivity index (χ4n) is 0. The molecule has 0 heterocycles. The molecule has 0 saturated heterocycles. The van der Waals surface area contributed by atoms with Gasteiger partial charge in [-0.2, -0.15) is 0 Å². The molecule has 0 spiro atoms. The van der Waals surface area contributed by atoms with Crippen molar-refractivity contribution in [3.63, 3.8) is 0 Å². The van der Waals surface area contributed by atoms with Crippen molar-refractivity contribution < 1.29 is 43.6 Å². The Kier molecular flexibility index (Phi) is 236. The first-order valence-corrected chi connectivity index (χ1v) is 0. The van der Waals surface area contributed by atoms with Crippen LogP contribution in [-0.2, 0) is 38.1 Å². The van der Waals surface area contributed by atoms with E-state index in [0.717, 1.165) is 0 Å². The van der Waals surface area contributed by atoms with E-state index < -0.39 is 0 Å². The van der Waals surface area contributed by atoms with Crippen molar-refractivity contribution in [2.75, 3.05) is 0 Å². The van der Waals surface area contributed by atoms with Gasteiger partial charge in [-0.05, 0) is 0 Å². The monoisotopic (exact) mass is 340 g/mol. The van der Waals surface area contributed by atoms with Crippen LogP contribution in [0.5, 0.6) is 0 Å². The Labute approximate surface area is 61.3 Å². The number of rotatable bonds is 0. The van der Waals surface area contributed by atoms with Gasteiger partial charge in [0.25, 0.3) is 0 Å². The Morgan fingerprint density at radius 2 is 1.00 bits per heavy atom. The summed E-state index contributed by atoms with van der Waals surface area (Å²) in [5.41, 5.74) is 0. The van der Waals surface area contributed by atoms with Crippen LogP contribution in [0.1, 0.15) is 0 Å². The molecule has 0 fully saturated rings. The topological polar surface area (TPSA) is 31.5 Å². The largest absolute Gasteiger partial charge is 0.412 e. The molecule has 4 heavy (non-hydrogen) atoms. The van der Waals surface area contributed by atoms with E-state index in [1.54, 1.807) is 0 Å². The molecular weight excluding hydrogens is 338 g/mol. The molecule has 30 valence electrons. The van der Waals surface area contributed by atoms with Crippen LogP contribution >= 0.6 is 0 Å². The van der Waals surface area contributed by atoms with Crippen LogP contribution in [0.2, 0.25) is 0 Å². The summed E-state index contributed by atoms with van der Waals surface area (Å²) in [6.45, 7) is 0. The van der Waals surface area contributed by atoms with Gasteiger partial charge in [0.1, 0.15) is 0 Å². The molecule has 1 nitrogen and oxygen atoms in total. The van der Waals surface area contributed by atoms with E-state index in [9.17, 15) is 0 Å². The van der Waals surface area contributed by atoms with E-state index in [-0.39, 0.29) is 61.6 Å². The molecule has 0 atom stereocenters. The molecule has 0 unspecified atom stereocenters. The molecule has 4 radical (unpaired) electrons. The van der Waals surface area contributed by atoms with Gasteiger partial charge in [-0.3, -0.25) is 0 Å². The van der Waals surface area contributed by atoms with Crippen LogP contribution in [0.25, 0.3) is 0 Å². The van der Waals surface area contributed by atoms with Crippen LogP contribution in [0.3, 0.4) is 0 Å². The Morgan fingerprint density at radius 1 is 1.00 bits per heavy atom. The third kappa shape index (κ3) is 9.29. The number of hydrogen-bond donors (Lipinski definition) is 0. The van der Waals surface area contributed by atoms with E-state index in [1.165, 1.54) is 0 Å². The average Bonchev–Trinajstić information content (AvgIpc) is 0. The first-order chi connectivity index (χ1) is 0. The maximum Gasteiger partial charge on any atom is 0 e. The van der Waals surface area contributed by atoms with Crippen LogP contribution < -0.4 is 0 Å². The van der Waals surface area contributed by atoms with E-state index >= 15 is 0 Å². The normalized spacial score (nSPS) is 0. The molecule has 2 N–H and O–H groups in total. The van der Waals surface area contributed by atoms with Crippen LogP contribution in [0, 0.1) is 0 Å². The number of hydrogen-bond acceptors (Lipinski definition) is 0. The minimum absolute atomic E-state index is 0. The maximum atomic E-state index is 0. The predicted octanol–water partition coefficient (Wildman–Crippen LogP) is -1.21. The summed E-state index contributed by atoms with van der Waals surface area (Å²) in [7, 11) is 0. The van der Waals surface area contributed by atoms with E-state index in [4.69, 9.17) is 0 Å². The molecule has 4 heteroatoms. The third-order valence-corrected chi connectivity index (χ3v) is 0. The summed E-state index contributed by atoms with van der Waals surface area (Å²) >= 11 is 0. The zero-order valence-electron chi connectivity index (χ0n) is 1.66.